The molecule has 0 spiro atoms. The van der Waals surface area contributed by atoms with Crippen LogP contribution in [0.3, 0.4) is 0 Å². The molecule has 1 aromatic carbocycles. The number of hydrogen-bond donors (Lipinski definition) is 0. The third-order valence-corrected chi connectivity index (χ3v) is 7.44. The number of ether oxygens (including phenoxy) is 2. The summed E-state index contributed by atoms with van der Waals surface area (Å²) in [6.45, 7) is 5.22. The van der Waals surface area contributed by atoms with Gasteiger partial charge in [0.25, 0.3) is 0 Å². The summed E-state index contributed by atoms with van der Waals surface area (Å²) >= 11 is 5.99. The lowest BCUT2D eigenvalue weighted by Crippen LogP contribution is -2.49. The summed E-state index contributed by atoms with van der Waals surface area (Å²) in [6.07, 6.45) is 3.61. The SMILES string of the molecule is O=C1CCCN1CCC(=O)N1CCC(COc2ccc(Cl)cc2)(CC(=O)N2CCOCC2)CC1. The first-order valence-corrected chi connectivity index (χ1v) is 12.6. The number of carbonyl (C=O) groups is 3. The number of carbonyl (C=O) groups excluding carboxylic acids is 3. The van der Waals surface area contributed by atoms with Gasteiger partial charge in [-0.05, 0) is 43.5 Å². The summed E-state index contributed by atoms with van der Waals surface area (Å²) in [5.74, 6) is 1.06. The maximum atomic E-state index is 13.1. The van der Waals surface area contributed by atoms with Crippen LogP contribution in [-0.2, 0) is 19.1 Å². The average Bonchev–Trinajstić information content (AvgIpc) is 3.28. The van der Waals surface area contributed by atoms with Gasteiger partial charge in [-0.15, -0.1) is 0 Å². The monoisotopic (exact) mass is 491 g/mol. The molecular formula is C25H34ClN3O5. The molecule has 0 radical (unpaired) electrons. The maximum absolute atomic E-state index is 13.1. The van der Waals surface area contributed by atoms with Crippen LogP contribution in [0.4, 0.5) is 0 Å². The van der Waals surface area contributed by atoms with Crippen LogP contribution in [0.15, 0.2) is 24.3 Å². The first kappa shape index (κ1) is 24.8. The van der Waals surface area contributed by atoms with Gasteiger partial charge in [0, 0.05) is 69.0 Å². The molecule has 0 unspecified atom stereocenters. The van der Waals surface area contributed by atoms with Crippen molar-refractivity contribution in [1.29, 1.82) is 0 Å². The van der Waals surface area contributed by atoms with E-state index in [9.17, 15) is 14.4 Å². The quantitative estimate of drug-likeness (QED) is 0.558. The number of benzene rings is 1. The zero-order chi connectivity index (χ0) is 24.0. The molecule has 1 aromatic rings. The molecule has 0 aliphatic carbocycles. The third-order valence-electron chi connectivity index (χ3n) is 7.19. The Hall–Kier alpha value is -2.32. The van der Waals surface area contributed by atoms with Gasteiger partial charge in [-0.3, -0.25) is 14.4 Å². The van der Waals surface area contributed by atoms with Crippen molar-refractivity contribution in [3.05, 3.63) is 29.3 Å². The second-order valence-corrected chi connectivity index (χ2v) is 9.96. The lowest BCUT2D eigenvalue weighted by molar-refractivity contribution is -0.141. The lowest BCUT2D eigenvalue weighted by Gasteiger charge is -2.42. The molecule has 3 aliphatic rings. The maximum Gasteiger partial charge on any atom is 0.224 e. The van der Waals surface area contributed by atoms with E-state index in [2.05, 4.69) is 0 Å². The summed E-state index contributed by atoms with van der Waals surface area (Å²) < 4.78 is 11.5. The summed E-state index contributed by atoms with van der Waals surface area (Å²) in [6, 6.07) is 7.24. The van der Waals surface area contributed by atoms with Crippen molar-refractivity contribution >= 4 is 29.3 Å². The molecule has 8 nitrogen and oxygen atoms in total. The van der Waals surface area contributed by atoms with Crippen molar-refractivity contribution in [2.45, 2.75) is 38.5 Å². The van der Waals surface area contributed by atoms with E-state index in [1.54, 1.807) is 17.0 Å². The summed E-state index contributed by atoms with van der Waals surface area (Å²) in [5, 5.41) is 0.645. The number of piperidine rings is 1. The molecule has 3 saturated heterocycles. The molecule has 0 saturated carbocycles. The minimum atomic E-state index is -0.337. The van der Waals surface area contributed by atoms with E-state index in [4.69, 9.17) is 21.1 Å². The zero-order valence-electron chi connectivity index (χ0n) is 19.7. The number of halogens is 1. The summed E-state index contributed by atoms with van der Waals surface area (Å²) in [5.41, 5.74) is -0.337. The Kier molecular flexibility index (Phi) is 8.32. The van der Waals surface area contributed by atoms with E-state index < -0.39 is 0 Å². The van der Waals surface area contributed by atoms with Crippen molar-refractivity contribution in [3.63, 3.8) is 0 Å². The fourth-order valence-electron chi connectivity index (χ4n) is 4.94. The number of amides is 3. The van der Waals surface area contributed by atoms with E-state index >= 15 is 0 Å². The van der Waals surface area contributed by atoms with Crippen LogP contribution in [0, 0.1) is 5.41 Å². The Morgan fingerprint density at radius 2 is 1.65 bits per heavy atom. The van der Waals surface area contributed by atoms with Crippen molar-refractivity contribution < 1.29 is 23.9 Å². The highest BCUT2D eigenvalue weighted by Gasteiger charge is 2.40. The normalized spacial score (nSPS) is 20.5. The van der Waals surface area contributed by atoms with E-state index in [1.165, 1.54) is 0 Å². The van der Waals surface area contributed by atoms with E-state index in [0.29, 0.717) is 89.7 Å². The number of nitrogens with zero attached hydrogens (tertiary/aromatic N) is 3. The van der Waals surface area contributed by atoms with Gasteiger partial charge < -0.3 is 24.2 Å². The molecule has 0 atom stereocenters. The topological polar surface area (TPSA) is 79.4 Å². The van der Waals surface area contributed by atoms with Crippen LogP contribution in [0.1, 0.15) is 38.5 Å². The van der Waals surface area contributed by atoms with Gasteiger partial charge >= 0.3 is 0 Å². The summed E-state index contributed by atoms with van der Waals surface area (Å²) in [7, 11) is 0. The van der Waals surface area contributed by atoms with Crippen molar-refractivity contribution in [3.8, 4) is 5.75 Å². The smallest absolute Gasteiger partial charge is 0.224 e. The van der Waals surface area contributed by atoms with Crippen molar-refractivity contribution in [2.75, 3.05) is 59.1 Å². The van der Waals surface area contributed by atoms with Crippen LogP contribution in [0.2, 0.25) is 5.02 Å². The zero-order valence-corrected chi connectivity index (χ0v) is 20.4. The fraction of sp³-hybridized carbons (Fsp3) is 0.640. The lowest BCUT2D eigenvalue weighted by atomic mass is 9.75. The van der Waals surface area contributed by atoms with Gasteiger partial charge in [0.2, 0.25) is 17.7 Å². The van der Waals surface area contributed by atoms with Crippen molar-refractivity contribution in [2.24, 2.45) is 5.41 Å². The highest BCUT2D eigenvalue weighted by molar-refractivity contribution is 6.30. The molecule has 3 amide bonds. The van der Waals surface area contributed by atoms with Gasteiger partial charge in [0.15, 0.2) is 0 Å². The number of rotatable bonds is 8. The number of hydrogen-bond acceptors (Lipinski definition) is 5. The van der Waals surface area contributed by atoms with Gasteiger partial charge in [-0.2, -0.15) is 0 Å². The molecule has 3 fully saturated rings. The Morgan fingerprint density at radius 1 is 0.971 bits per heavy atom. The highest BCUT2D eigenvalue weighted by atomic mass is 35.5. The molecule has 0 N–H and O–H groups in total. The highest BCUT2D eigenvalue weighted by Crippen LogP contribution is 2.37. The summed E-state index contributed by atoms with van der Waals surface area (Å²) in [4.78, 5) is 43.3. The van der Waals surface area contributed by atoms with Crippen LogP contribution < -0.4 is 4.74 Å². The van der Waals surface area contributed by atoms with Crippen LogP contribution in [0.5, 0.6) is 5.75 Å². The van der Waals surface area contributed by atoms with E-state index in [0.717, 1.165) is 18.7 Å². The minimum Gasteiger partial charge on any atom is -0.493 e. The number of morpholine rings is 1. The predicted molar refractivity (Wildman–Crippen MR) is 128 cm³/mol. The minimum absolute atomic E-state index is 0.0754. The average molecular weight is 492 g/mol. The van der Waals surface area contributed by atoms with E-state index in [1.807, 2.05) is 21.9 Å². The third kappa shape index (κ3) is 6.42. The van der Waals surface area contributed by atoms with Crippen molar-refractivity contribution in [1.82, 2.24) is 14.7 Å². The van der Waals surface area contributed by atoms with E-state index in [-0.39, 0.29) is 23.1 Å². The Morgan fingerprint density at radius 3 is 2.29 bits per heavy atom. The second kappa shape index (κ2) is 11.4. The first-order chi connectivity index (χ1) is 16.4. The van der Waals surface area contributed by atoms with Gasteiger partial charge in [-0.1, -0.05) is 11.6 Å². The molecule has 4 rings (SSSR count). The van der Waals surface area contributed by atoms with Crippen LogP contribution in [-0.4, -0.2) is 91.5 Å². The molecule has 34 heavy (non-hydrogen) atoms. The predicted octanol–water partition coefficient (Wildman–Crippen LogP) is 2.59. The Balaban J connectivity index is 1.35. The molecule has 186 valence electrons. The second-order valence-electron chi connectivity index (χ2n) is 9.53. The largest absolute Gasteiger partial charge is 0.493 e. The standard InChI is InChI=1S/C25H34ClN3O5/c26-20-3-5-21(6-4-20)34-19-25(18-24(32)29-14-16-33-17-15-29)8-12-28(13-9-25)23(31)7-11-27-10-1-2-22(27)30/h3-6H,1-2,7-19H2. The Bertz CT molecular complexity index is 864. The first-order valence-electron chi connectivity index (χ1n) is 12.2. The van der Waals surface area contributed by atoms with Crippen LogP contribution >= 0.6 is 11.6 Å². The molecule has 9 heteroatoms. The Labute approximate surface area is 206 Å². The van der Waals surface area contributed by atoms with Gasteiger partial charge in [0.1, 0.15) is 5.75 Å². The molecule has 3 heterocycles. The number of likely N-dealkylation sites (tertiary alicyclic amines) is 2. The molecule has 0 bridgehead atoms. The molecule has 0 aromatic heterocycles. The molecule has 3 aliphatic heterocycles. The van der Waals surface area contributed by atoms with Crippen LogP contribution in [0.25, 0.3) is 0 Å². The fourth-order valence-corrected chi connectivity index (χ4v) is 5.07. The van der Waals surface area contributed by atoms with Gasteiger partial charge in [0.05, 0.1) is 19.8 Å². The van der Waals surface area contributed by atoms with Gasteiger partial charge in [-0.25, -0.2) is 0 Å². The molecular weight excluding hydrogens is 458 g/mol.